The van der Waals surface area contributed by atoms with Crippen molar-refractivity contribution in [3.63, 3.8) is 0 Å². The minimum Gasteiger partial charge on any atom is -0.330 e. The molecule has 0 aliphatic heterocycles. The highest BCUT2D eigenvalue weighted by atomic mass is 32.2. The molecule has 0 aliphatic carbocycles. The maximum atomic E-state index is 5.34. The van der Waals surface area contributed by atoms with E-state index in [1.54, 1.807) is 6.20 Å². The Morgan fingerprint density at radius 1 is 1.45 bits per heavy atom. The Hall–Kier alpha value is -0.480. The van der Waals surface area contributed by atoms with Crippen LogP contribution < -0.4 is 5.73 Å². The lowest BCUT2D eigenvalue weighted by Crippen LogP contribution is -2.05. The third kappa shape index (κ3) is 3.43. The van der Waals surface area contributed by atoms with Gasteiger partial charge in [0.25, 0.3) is 0 Å². The van der Waals surface area contributed by atoms with E-state index in [9.17, 15) is 0 Å². The Morgan fingerprint density at radius 2 is 2.36 bits per heavy atom. The van der Waals surface area contributed by atoms with E-state index in [4.69, 9.17) is 5.73 Å². The van der Waals surface area contributed by atoms with Crippen molar-refractivity contribution in [3.8, 4) is 0 Å². The molecule has 0 fully saturated rings. The molecule has 11 heavy (non-hydrogen) atoms. The molecule has 0 radical (unpaired) electrons. The van der Waals surface area contributed by atoms with Gasteiger partial charge in [-0.05, 0) is 6.07 Å². The molecule has 2 N–H and O–H groups in total. The van der Waals surface area contributed by atoms with E-state index in [1.165, 1.54) is 0 Å². The van der Waals surface area contributed by atoms with Gasteiger partial charge in [0.1, 0.15) is 0 Å². The fraction of sp³-hybridized carbons (Fsp3) is 0.571. The zero-order valence-electron chi connectivity index (χ0n) is 6.44. The maximum Gasteiger partial charge on any atom is 0.0499 e. The maximum absolute atomic E-state index is 5.34. The Labute approximate surface area is 71.0 Å². The smallest absolute Gasteiger partial charge is 0.0499 e. The fourth-order valence-corrected chi connectivity index (χ4v) is 1.46. The highest BCUT2D eigenvalue weighted by molar-refractivity contribution is 7.99. The van der Waals surface area contributed by atoms with Crippen LogP contribution in [0.2, 0.25) is 0 Å². The second kappa shape index (κ2) is 5.21. The van der Waals surface area contributed by atoms with Crippen LogP contribution in [0.15, 0.2) is 18.5 Å². The number of hydrogen-bond acceptors (Lipinski definition) is 3. The summed E-state index contributed by atoms with van der Waals surface area (Å²) in [5.74, 6) is 2.14. The molecule has 0 unspecified atom stereocenters. The van der Waals surface area contributed by atoms with Crippen molar-refractivity contribution in [2.45, 2.75) is 6.54 Å². The summed E-state index contributed by atoms with van der Waals surface area (Å²) in [6, 6.07) is 1.94. The number of nitrogens with zero attached hydrogens (tertiary/aromatic N) is 2. The highest BCUT2D eigenvalue weighted by Gasteiger charge is 1.89. The zero-order chi connectivity index (χ0) is 7.94. The molecule has 3 nitrogen and oxygen atoms in total. The molecule has 0 aromatic carbocycles. The zero-order valence-corrected chi connectivity index (χ0v) is 7.26. The van der Waals surface area contributed by atoms with E-state index in [1.807, 2.05) is 28.7 Å². The molecule has 1 aromatic heterocycles. The van der Waals surface area contributed by atoms with Crippen LogP contribution in [0.1, 0.15) is 0 Å². The second-order valence-electron chi connectivity index (χ2n) is 2.17. The highest BCUT2D eigenvalue weighted by Crippen LogP contribution is 1.98. The number of hydrogen-bond donors (Lipinski definition) is 1. The van der Waals surface area contributed by atoms with Gasteiger partial charge < -0.3 is 5.73 Å². The predicted molar refractivity (Wildman–Crippen MR) is 48.6 cm³/mol. The molecule has 1 rings (SSSR count). The fourth-order valence-electron chi connectivity index (χ4n) is 0.776. The van der Waals surface area contributed by atoms with E-state index >= 15 is 0 Å². The predicted octanol–water partition coefficient (Wildman–Crippen LogP) is 0.575. The third-order valence-electron chi connectivity index (χ3n) is 1.29. The molecule has 4 heteroatoms. The van der Waals surface area contributed by atoms with Gasteiger partial charge in [-0.2, -0.15) is 16.9 Å². The van der Waals surface area contributed by atoms with Gasteiger partial charge in [-0.3, -0.25) is 4.68 Å². The summed E-state index contributed by atoms with van der Waals surface area (Å²) in [5.41, 5.74) is 5.34. The van der Waals surface area contributed by atoms with Crippen molar-refractivity contribution in [1.29, 1.82) is 0 Å². The number of aromatic nitrogens is 2. The van der Waals surface area contributed by atoms with Crippen molar-refractivity contribution in [2.75, 3.05) is 18.1 Å². The molecule has 0 atom stereocenters. The van der Waals surface area contributed by atoms with Gasteiger partial charge in [0.15, 0.2) is 0 Å². The summed E-state index contributed by atoms with van der Waals surface area (Å²) >= 11 is 1.87. The first-order valence-corrected chi connectivity index (χ1v) is 4.84. The van der Waals surface area contributed by atoms with E-state index < -0.39 is 0 Å². The van der Waals surface area contributed by atoms with Gasteiger partial charge in [-0.15, -0.1) is 0 Å². The quantitative estimate of drug-likeness (QED) is 0.659. The molecule has 1 heterocycles. The van der Waals surface area contributed by atoms with Crippen LogP contribution in [0.3, 0.4) is 0 Å². The summed E-state index contributed by atoms with van der Waals surface area (Å²) in [4.78, 5) is 0. The van der Waals surface area contributed by atoms with Crippen molar-refractivity contribution in [1.82, 2.24) is 9.78 Å². The lowest BCUT2D eigenvalue weighted by molar-refractivity contribution is 0.666. The molecule has 62 valence electrons. The molecule has 1 aromatic rings. The van der Waals surface area contributed by atoms with Crippen molar-refractivity contribution < 1.29 is 0 Å². The molecular weight excluding hydrogens is 158 g/mol. The van der Waals surface area contributed by atoms with Crippen molar-refractivity contribution >= 4 is 11.8 Å². The van der Waals surface area contributed by atoms with Crippen LogP contribution in [-0.2, 0) is 6.54 Å². The Balaban J connectivity index is 2.04. The normalized spacial score (nSPS) is 10.3. The van der Waals surface area contributed by atoms with Crippen LogP contribution in [0.4, 0.5) is 0 Å². The van der Waals surface area contributed by atoms with Crippen molar-refractivity contribution in [3.05, 3.63) is 18.5 Å². The Kier molecular flexibility index (Phi) is 4.08. The van der Waals surface area contributed by atoms with Crippen molar-refractivity contribution in [2.24, 2.45) is 5.73 Å². The number of nitrogens with two attached hydrogens (primary N) is 1. The summed E-state index contributed by atoms with van der Waals surface area (Å²) in [7, 11) is 0. The number of thioether (sulfide) groups is 1. The first kappa shape index (κ1) is 8.62. The average Bonchev–Trinajstić information content (AvgIpc) is 2.50. The molecule has 0 spiro atoms. The Morgan fingerprint density at radius 3 is 3.00 bits per heavy atom. The summed E-state index contributed by atoms with van der Waals surface area (Å²) in [6.07, 6.45) is 3.77. The molecule has 0 saturated carbocycles. The third-order valence-corrected chi connectivity index (χ3v) is 2.28. The lowest BCUT2D eigenvalue weighted by atomic mass is 10.7. The topological polar surface area (TPSA) is 43.8 Å². The van der Waals surface area contributed by atoms with Gasteiger partial charge in [0.05, 0.1) is 0 Å². The van der Waals surface area contributed by atoms with Crippen LogP contribution in [-0.4, -0.2) is 27.8 Å². The van der Waals surface area contributed by atoms with Crippen LogP contribution >= 0.6 is 11.8 Å². The number of aryl methyl sites for hydroxylation is 1. The van der Waals surface area contributed by atoms with Gasteiger partial charge in [-0.25, -0.2) is 0 Å². The van der Waals surface area contributed by atoms with E-state index in [0.717, 1.165) is 24.6 Å². The lowest BCUT2D eigenvalue weighted by Gasteiger charge is -1.99. The number of rotatable bonds is 5. The first-order chi connectivity index (χ1) is 5.43. The van der Waals surface area contributed by atoms with E-state index in [-0.39, 0.29) is 0 Å². The minimum atomic E-state index is 0.768. The molecule has 0 aliphatic rings. The van der Waals surface area contributed by atoms with Gasteiger partial charge in [0.2, 0.25) is 0 Å². The molecular formula is C7H13N3S. The summed E-state index contributed by atoms with van der Waals surface area (Å²) in [5, 5.41) is 4.09. The molecule has 0 bridgehead atoms. The van der Waals surface area contributed by atoms with Gasteiger partial charge >= 0.3 is 0 Å². The summed E-state index contributed by atoms with van der Waals surface area (Å²) in [6.45, 7) is 1.75. The average molecular weight is 171 g/mol. The van der Waals surface area contributed by atoms with Gasteiger partial charge in [-0.1, -0.05) is 0 Å². The molecule has 0 amide bonds. The second-order valence-corrected chi connectivity index (χ2v) is 3.39. The largest absolute Gasteiger partial charge is 0.330 e. The van der Waals surface area contributed by atoms with E-state index in [0.29, 0.717) is 0 Å². The van der Waals surface area contributed by atoms with E-state index in [2.05, 4.69) is 5.10 Å². The first-order valence-electron chi connectivity index (χ1n) is 3.68. The molecule has 0 saturated heterocycles. The van der Waals surface area contributed by atoms with Crippen LogP contribution in [0.25, 0.3) is 0 Å². The Bertz CT molecular complexity index is 174. The summed E-state index contributed by atoms with van der Waals surface area (Å²) < 4.78 is 1.93. The standard InChI is InChI=1S/C7H13N3S/c8-2-6-11-7-5-10-4-1-3-9-10/h1,3-4H,2,5-8H2. The van der Waals surface area contributed by atoms with Crippen LogP contribution in [0, 0.1) is 0 Å². The monoisotopic (exact) mass is 171 g/mol. The SMILES string of the molecule is NCCSCCn1cccn1. The minimum absolute atomic E-state index is 0.768. The van der Waals surface area contributed by atoms with Crippen LogP contribution in [0.5, 0.6) is 0 Å². The van der Waals surface area contributed by atoms with Gasteiger partial charge in [0, 0.05) is 37.0 Å².